The van der Waals surface area contributed by atoms with Crippen molar-refractivity contribution in [2.24, 2.45) is 17.6 Å². The van der Waals surface area contributed by atoms with Gasteiger partial charge in [-0.3, -0.25) is 4.90 Å². The molecule has 1 aliphatic rings. The summed E-state index contributed by atoms with van der Waals surface area (Å²) >= 11 is 0. The SMILES string of the molecule is CCN(Cc1ccco1)C1(CN)CC(C)CC(C)C1. The first kappa shape index (κ1) is 14.6. The second-order valence-electron chi connectivity index (χ2n) is 6.38. The molecule has 1 aromatic heterocycles. The molecule has 1 saturated carbocycles. The molecular weight excluding hydrogens is 236 g/mol. The summed E-state index contributed by atoms with van der Waals surface area (Å²) in [7, 11) is 0. The van der Waals surface area contributed by atoms with Gasteiger partial charge in [-0.05, 0) is 49.8 Å². The minimum absolute atomic E-state index is 0.151. The maximum atomic E-state index is 6.20. The van der Waals surface area contributed by atoms with Gasteiger partial charge in [0.2, 0.25) is 0 Å². The van der Waals surface area contributed by atoms with E-state index in [9.17, 15) is 0 Å². The Bertz CT molecular complexity index is 364. The Labute approximate surface area is 117 Å². The van der Waals surface area contributed by atoms with Crippen molar-refractivity contribution in [1.82, 2.24) is 4.90 Å². The number of nitrogens with two attached hydrogens (primary N) is 1. The lowest BCUT2D eigenvalue weighted by atomic mass is 9.70. The van der Waals surface area contributed by atoms with Gasteiger partial charge in [-0.2, -0.15) is 0 Å². The Morgan fingerprint density at radius 2 is 2.05 bits per heavy atom. The molecule has 2 rings (SSSR count). The van der Waals surface area contributed by atoms with Gasteiger partial charge in [0.05, 0.1) is 12.8 Å². The van der Waals surface area contributed by atoms with Crippen molar-refractivity contribution in [3.63, 3.8) is 0 Å². The molecule has 0 amide bonds. The summed E-state index contributed by atoms with van der Waals surface area (Å²) in [5.41, 5.74) is 6.35. The monoisotopic (exact) mass is 264 g/mol. The number of hydrogen-bond acceptors (Lipinski definition) is 3. The lowest BCUT2D eigenvalue weighted by Gasteiger charge is -2.49. The second-order valence-corrected chi connectivity index (χ2v) is 6.38. The van der Waals surface area contributed by atoms with Crippen LogP contribution in [0.3, 0.4) is 0 Å². The topological polar surface area (TPSA) is 42.4 Å². The van der Waals surface area contributed by atoms with E-state index in [-0.39, 0.29) is 5.54 Å². The van der Waals surface area contributed by atoms with Crippen LogP contribution in [0, 0.1) is 11.8 Å². The van der Waals surface area contributed by atoms with Crippen LogP contribution in [0.25, 0.3) is 0 Å². The average molecular weight is 264 g/mol. The van der Waals surface area contributed by atoms with Crippen LogP contribution in [0.4, 0.5) is 0 Å². The summed E-state index contributed by atoms with van der Waals surface area (Å²) in [5, 5.41) is 0. The maximum absolute atomic E-state index is 6.20. The predicted octanol–water partition coefficient (Wildman–Crippen LogP) is 3.26. The summed E-state index contributed by atoms with van der Waals surface area (Å²) in [4.78, 5) is 2.53. The normalized spacial score (nSPS) is 31.8. The Morgan fingerprint density at radius 3 is 2.53 bits per heavy atom. The van der Waals surface area contributed by atoms with E-state index in [1.807, 2.05) is 6.07 Å². The zero-order chi connectivity index (χ0) is 13.9. The van der Waals surface area contributed by atoms with Gasteiger partial charge in [0, 0.05) is 12.1 Å². The molecule has 0 bridgehead atoms. The Hall–Kier alpha value is -0.800. The van der Waals surface area contributed by atoms with Crippen molar-refractivity contribution in [3.8, 4) is 0 Å². The summed E-state index contributed by atoms with van der Waals surface area (Å²) in [6, 6.07) is 4.02. The third-order valence-electron chi connectivity index (χ3n) is 4.62. The number of likely N-dealkylation sites (N-methyl/N-ethyl adjacent to an activating group) is 1. The molecule has 1 aliphatic carbocycles. The van der Waals surface area contributed by atoms with Crippen molar-refractivity contribution in [2.75, 3.05) is 13.1 Å². The van der Waals surface area contributed by atoms with E-state index in [2.05, 4.69) is 31.7 Å². The van der Waals surface area contributed by atoms with Crippen LogP contribution < -0.4 is 5.73 Å². The summed E-state index contributed by atoms with van der Waals surface area (Å²) in [5.74, 6) is 2.57. The van der Waals surface area contributed by atoms with Crippen LogP contribution in [0.15, 0.2) is 22.8 Å². The van der Waals surface area contributed by atoms with Crippen molar-refractivity contribution in [3.05, 3.63) is 24.2 Å². The molecule has 0 radical (unpaired) electrons. The summed E-state index contributed by atoms with van der Waals surface area (Å²) in [6.07, 6.45) is 5.51. The van der Waals surface area contributed by atoms with E-state index >= 15 is 0 Å². The molecule has 0 aromatic carbocycles. The Kier molecular flexibility index (Phi) is 4.69. The highest BCUT2D eigenvalue weighted by Gasteiger charge is 2.41. The summed E-state index contributed by atoms with van der Waals surface area (Å²) < 4.78 is 5.52. The third kappa shape index (κ3) is 3.21. The van der Waals surface area contributed by atoms with Crippen molar-refractivity contribution >= 4 is 0 Å². The highest BCUT2D eigenvalue weighted by molar-refractivity contribution is 5.03. The van der Waals surface area contributed by atoms with E-state index < -0.39 is 0 Å². The maximum Gasteiger partial charge on any atom is 0.117 e. The van der Waals surface area contributed by atoms with Gasteiger partial charge in [-0.15, -0.1) is 0 Å². The zero-order valence-electron chi connectivity index (χ0n) is 12.6. The molecule has 2 atom stereocenters. The fourth-order valence-corrected chi connectivity index (χ4v) is 3.99. The zero-order valence-corrected chi connectivity index (χ0v) is 12.6. The number of nitrogens with zero attached hydrogens (tertiary/aromatic N) is 1. The number of hydrogen-bond donors (Lipinski definition) is 1. The molecule has 0 aliphatic heterocycles. The fourth-order valence-electron chi connectivity index (χ4n) is 3.99. The number of rotatable bonds is 5. The Balaban J connectivity index is 2.16. The molecule has 1 fully saturated rings. The predicted molar refractivity (Wildman–Crippen MR) is 78.8 cm³/mol. The van der Waals surface area contributed by atoms with E-state index in [1.54, 1.807) is 6.26 Å². The van der Waals surface area contributed by atoms with E-state index in [4.69, 9.17) is 10.2 Å². The molecule has 0 saturated heterocycles. The van der Waals surface area contributed by atoms with Crippen LogP contribution in [-0.2, 0) is 6.54 Å². The van der Waals surface area contributed by atoms with Crippen molar-refractivity contribution in [2.45, 2.75) is 52.1 Å². The molecule has 2 unspecified atom stereocenters. The van der Waals surface area contributed by atoms with E-state index in [1.165, 1.54) is 19.3 Å². The van der Waals surface area contributed by atoms with Crippen LogP contribution >= 0.6 is 0 Å². The minimum Gasteiger partial charge on any atom is -0.468 e. The minimum atomic E-state index is 0.151. The molecule has 108 valence electrons. The fraction of sp³-hybridized carbons (Fsp3) is 0.750. The third-order valence-corrected chi connectivity index (χ3v) is 4.62. The lowest BCUT2D eigenvalue weighted by molar-refractivity contribution is 0.0128. The molecule has 2 N–H and O–H groups in total. The van der Waals surface area contributed by atoms with Gasteiger partial charge < -0.3 is 10.2 Å². The quantitative estimate of drug-likeness (QED) is 0.887. The smallest absolute Gasteiger partial charge is 0.117 e. The molecule has 3 nitrogen and oxygen atoms in total. The molecule has 3 heteroatoms. The highest BCUT2D eigenvalue weighted by Crippen LogP contribution is 2.39. The van der Waals surface area contributed by atoms with Crippen LogP contribution in [0.2, 0.25) is 0 Å². The largest absolute Gasteiger partial charge is 0.468 e. The molecule has 1 aromatic rings. The van der Waals surface area contributed by atoms with Gasteiger partial charge in [0.25, 0.3) is 0 Å². The average Bonchev–Trinajstić information content (AvgIpc) is 2.87. The lowest BCUT2D eigenvalue weighted by Crippen LogP contribution is -2.57. The molecule has 19 heavy (non-hydrogen) atoms. The first-order chi connectivity index (χ1) is 9.09. The molecule has 1 heterocycles. The van der Waals surface area contributed by atoms with E-state index in [0.29, 0.717) is 0 Å². The van der Waals surface area contributed by atoms with Crippen LogP contribution in [0.5, 0.6) is 0 Å². The van der Waals surface area contributed by atoms with Gasteiger partial charge >= 0.3 is 0 Å². The van der Waals surface area contributed by atoms with Crippen molar-refractivity contribution < 1.29 is 4.42 Å². The van der Waals surface area contributed by atoms with Crippen LogP contribution in [0.1, 0.15) is 45.8 Å². The number of furan rings is 1. The second kappa shape index (κ2) is 6.10. The Morgan fingerprint density at radius 1 is 1.37 bits per heavy atom. The van der Waals surface area contributed by atoms with Gasteiger partial charge in [-0.1, -0.05) is 20.8 Å². The van der Waals surface area contributed by atoms with Gasteiger partial charge in [0.1, 0.15) is 5.76 Å². The van der Waals surface area contributed by atoms with E-state index in [0.717, 1.165) is 37.2 Å². The standard InChI is InChI=1S/C16H28N2O/c1-4-18(11-15-6-5-7-19-15)16(12-17)9-13(2)8-14(3)10-16/h5-7,13-14H,4,8-12,17H2,1-3H3. The van der Waals surface area contributed by atoms with Crippen molar-refractivity contribution in [1.29, 1.82) is 0 Å². The molecule has 0 spiro atoms. The first-order valence-electron chi connectivity index (χ1n) is 7.57. The first-order valence-corrected chi connectivity index (χ1v) is 7.57. The molecular formula is C16H28N2O. The van der Waals surface area contributed by atoms with Gasteiger partial charge in [-0.25, -0.2) is 0 Å². The van der Waals surface area contributed by atoms with Crippen LogP contribution in [-0.4, -0.2) is 23.5 Å². The highest BCUT2D eigenvalue weighted by atomic mass is 16.3. The van der Waals surface area contributed by atoms with Gasteiger partial charge in [0.15, 0.2) is 0 Å². The summed E-state index contributed by atoms with van der Waals surface area (Å²) in [6.45, 7) is 9.60.